The van der Waals surface area contributed by atoms with Gasteiger partial charge in [-0.3, -0.25) is 9.59 Å². The molecule has 4 heterocycles. The summed E-state index contributed by atoms with van der Waals surface area (Å²) >= 11 is 6.61. The first-order valence-electron chi connectivity index (χ1n) is 16.7. The Hall–Kier alpha value is -3.64. The molecule has 2 saturated heterocycles. The second-order valence-corrected chi connectivity index (χ2v) is 14.7. The highest BCUT2D eigenvalue weighted by molar-refractivity contribution is 7.80. The molecule has 0 unspecified atom stereocenters. The Balaban J connectivity index is 0.946. The number of nitrogens with one attached hydrogen (secondary N) is 2. The van der Waals surface area contributed by atoms with Crippen molar-refractivity contribution in [2.45, 2.75) is 51.1 Å². The zero-order valence-electron chi connectivity index (χ0n) is 26.6. The first-order chi connectivity index (χ1) is 22.9. The molecule has 1 saturated carbocycles. The number of thiocarbonyl (C=S) groups is 1. The predicted molar refractivity (Wildman–Crippen MR) is 189 cm³/mol. The Morgan fingerprint density at radius 3 is 2.64 bits per heavy atom. The number of fused-ring (bicyclic) bond motifs is 1. The van der Waals surface area contributed by atoms with Gasteiger partial charge in [-0.2, -0.15) is 0 Å². The van der Waals surface area contributed by atoms with Crippen molar-refractivity contribution in [3.05, 3.63) is 76.4 Å². The largest absolute Gasteiger partial charge is 0.389 e. The normalized spacial score (nSPS) is 18.6. The zero-order chi connectivity index (χ0) is 32.4. The lowest BCUT2D eigenvalue weighted by Gasteiger charge is -2.51. The molecule has 0 bridgehead atoms. The average Bonchev–Trinajstić information content (AvgIpc) is 3.76. The molecule has 1 spiro atoms. The fraction of sp³-hybridized carbons (Fsp3) is 0.444. The zero-order valence-corrected chi connectivity index (χ0v) is 28.2. The molecule has 0 atom stereocenters. The molecule has 7 rings (SSSR count). The second-order valence-electron chi connectivity index (χ2n) is 13.3. The molecule has 3 aliphatic rings. The topological polar surface area (TPSA) is 115 Å². The van der Waals surface area contributed by atoms with E-state index in [0.29, 0.717) is 29.1 Å². The minimum atomic E-state index is -0.0987. The number of ether oxygens (including phenoxy) is 1. The summed E-state index contributed by atoms with van der Waals surface area (Å²) in [5, 5.41) is 9.73. The summed E-state index contributed by atoms with van der Waals surface area (Å²) in [6.45, 7) is 5.54. The fourth-order valence-electron chi connectivity index (χ4n) is 7.64. The van der Waals surface area contributed by atoms with Crippen molar-refractivity contribution in [1.29, 1.82) is 0 Å². The highest BCUT2D eigenvalue weighted by Gasteiger charge is 2.48. The molecular weight excluding hydrogens is 629 g/mol. The number of nitrogens with zero attached hydrogens (tertiary/aromatic N) is 3. The maximum Gasteiger partial charge on any atom is 0.280 e. The SMILES string of the molecule is NC(=S)c1cccc(-c2cn(C3CCOCC3)c3cc(CNC(=O)C4CC5(CCN(CCNC(=O)c6nccs6)CC5)C4)ccc23)c1. The molecule has 3 fully saturated rings. The van der Waals surface area contributed by atoms with Crippen LogP contribution in [0.3, 0.4) is 0 Å². The number of piperidine rings is 1. The second kappa shape index (κ2) is 13.8. The van der Waals surface area contributed by atoms with Crippen molar-refractivity contribution in [2.24, 2.45) is 17.1 Å². The Kier molecular flexibility index (Phi) is 9.40. The number of hydrogen-bond donors (Lipinski definition) is 3. The number of thiazole rings is 1. The van der Waals surface area contributed by atoms with Crippen molar-refractivity contribution in [3.8, 4) is 11.1 Å². The van der Waals surface area contributed by atoms with Crippen LogP contribution in [-0.4, -0.2) is 70.6 Å². The van der Waals surface area contributed by atoms with Crippen LogP contribution in [0.1, 0.15) is 65.5 Å². The maximum atomic E-state index is 13.2. The average molecular weight is 671 g/mol. The van der Waals surface area contributed by atoms with E-state index in [1.54, 1.807) is 6.20 Å². The molecule has 2 amide bonds. The number of benzene rings is 2. The number of carbonyl (C=O) groups excluding carboxylic acids is 2. The Bertz CT molecular complexity index is 1750. The van der Waals surface area contributed by atoms with Gasteiger partial charge in [0.25, 0.3) is 5.91 Å². The lowest BCUT2D eigenvalue weighted by atomic mass is 9.57. The summed E-state index contributed by atoms with van der Waals surface area (Å²) in [5.74, 6) is 0.151. The van der Waals surface area contributed by atoms with Crippen molar-refractivity contribution in [1.82, 2.24) is 25.1 Å². The van der Waals surface area contributed by atoms with E-state index in [2.05, 4.69) is 61.6 Å². The number of amides is 2. The molecule has 1 aliphatic carbocycles. The number of hydrogen-bond acceptors (Lipinski definition) is 7. The van der Waals surface area contributed by atoms with Crippen molar-refractivity contribution < 1.29 is 14.3 Å². The lowest BCUT2D eigenvalue weighted by molar-refractivity contribution is -0.135. The van der Waals surface area contributed by atoms with Crippen LogP contribution in [0.25, 0.3) is 22.0 Å². The summed E-state index contributed by atoms with van der Waals surface area (Å²) in [4.78, 5) is 32.3. The lowest BCUT2D eigenvalue weighted by Crippen LogP contribution is -2.51. The van der Waals surface area contributed by atoms with E-state index >= 15 is 0 Å². The van der Waals surface area contributed by atoms with Gasteiger partial charge in [-0.15, -0.1) is 11.3 Å². The summed E-state index contributed by atoms with van der Waals surface area (Å²) in [6.07, 6.45) is 10.0. The number of likely N-dealkylation sites (tertiary alicyclic amines) is 1. The summed E-state index contributed by atoms with van der Waals surface area (Å²) in [7, 11) is 0. The van der Waals surface area contributed by atoms with Gasteiger partial charge in [-0.25, -0.2) is 4.98 Å². The molecule has 47 heavy (non-hydrogen) atoms. The van der Waals surface area contributed by atoms with Crippen LogP contribution in [0.4, 0.5) is 0 Å². The van der Waals surface area contributed by atoms with E-state index in [1.807, 2.05) is 17.5 Å². The quantitative estimate of drug-likeness (QED) is 0.197. The molecule has 4 aromatic rings. The third kappa shape index (κ3) is 6.99. The summed E-state index contributed by atoms with van der Waals surface area (Å²) in [5.41, 5.74) is 11.6. The molecule has 0 radical (unpaired) electrons. The van der Waals surface area contributed by atoms with Crippen LogP contribution >= 0.6 is 23.6 Å². The molecule has 9 nitrogen and oxygen atoms in total. The van der Waals surface area contributed by atoms with Gasteiger partial charge in [0.2, 0.25) is 5.91 Å². The fourth-order valence-corrected chi connectivity index (χ4v) is 8.32. The summed E-state index contributed by atoms with van der Waals surface area (Å²) in [6, 6.07) is 15.1. The van der Waals surface area contributed by atoms with Crippen molar-refractivity contribution in [2.75, 3.05) is 39.4 Å². The molecule has 2 aromatic heterocycles. The van der Waals surface area contributed by atoms with E-state index < -0.39 is 0 Å². The van der Waals surface area contributed by atoms with Crippen molar-refractivity contribution in [3.63, 3.8) is 0 Å². The minimum Gasteiger partial charge on any atom is -0.389 e. The van der Waals surface area contributed by atoms with E-state index in [-0.39, 0.29) is 23.1 Å². The summed E-state index contributed by atoms with van der Waals surface area (Å²) < 4.78 is 8.07. The van der Waals surface area contributed by atoms with Gasteiger partial charge >= 0.3 is 0 Å². The first kappa shape index (κ1) is 31.9. The number of carbonyl (C=O) groups is 2. The molecule has 246 valence electrons. The van der Waals surface area contributed by atoms with Crippen LogP contribution in [-0.2, 0) is 16.1 Å². The van der Waals surface area contributed by atoms with Gasteiger partial charge in [-0.1, -0.05) is 42.5 Å². The Morgan fingerprint density at radius 1 is 1.09 bits per heavy atom. The van der Waals surface area contributed by atoms with E-state index in [4.69, 9.17) is 22.7 Å². The van der Waals surface area contributed by atoms with Gasteiger partial charge in [0, 0.05) is 84.6 Å². The van der Waals surface area contributed by atoms with Gasteiger partial charge in [-0.05, 0) is 80.3 Å². The molecule has 11 heteroatoms. The standard InChI is InChI=1S/C36H42N6O3S2/c37-32(46)26-3-1-2-25(19-26)30-23-42(28-6-15-45-16-7-28)31-18-24(4-5-29(30)31)22-40-33(43)27-20-36(21-27)8-12-41(13-9-36)14-10-38-34(44)35-39-11-17-47-35/h1-5,11,17-19,23,27-28H,6-10,12-16,20-22H2,(H2,37,46)(H,38,44)(H,40,43). The highest BCUT2D eigenvalue weighted by Crippen LogP contribution is 2.52. The van der Waals surface area contributed by atoms with Crippen LogP contribution in [0.2, 0.25) is 0 Å². The van der Waals surface area contributed by atoms with Gasteiger partial charge in [0.1, 0.15) is 4.99 Å². The number of nitrogens with two attached hydrogens (primary N) is 1. The molecule has 2 aliphatic heterocycles. The Labute approximate surface area is 284 Å². The third-order valence-corrected chi connectivity index (χ3v) is 11.4. The van der Waals surface area contributed by atoms with Crippen LogP contribution in [0, 0.1) is 11.3 Å². The van der Waals surface area contributed by atoms with Crippen LogP contribution in [0.5, 0.6) is 0 Å². The smallest absolute Gasteiger partial charge is 0.280 e. The number of aromatic nitrogens is 2. The van der Waals surface area contributed by atoms with E-state index in [0.717, 1.165) is 93.6 Å². The first-order valence-corrected chi connectivity index (χ1v) is 18.0. The van der Waals surface area contributed by atoms with E-state index in [9.17, 15) is 9.59 Å². The third-order valence-electron chi connectivity index (χ3n) is 10.4. The predicted octanol–water partition coefficient (Wildman–Crippen LogP) is 5.29. The molecular formula is C36H42N6O3S2. The van der Waals surface area contributed by atoms with Crippen LogP contribution < -0.4 is 16.4 Å². The highest BCUT2D eigenvalue weighted by atomic mass is 32.1. The van der Waals surface area contributed by atoms with Crippen molar-refractivity contribution >= 4 is 51.3 Å². The Morgan fingerprint density at radius 2 is 1.89 bits per heavy atom. The van der Waals surface area contributed by atoms with Gasteiger partial charge in [0.05, 0.1) is 0 Å². The van der Waals surface area contributed by atoms with Gasteiger partial charge < -0.3 is 30.6 Å². The van der Waals surface area contributed by atoms with Gasteiger partial charge in [0.15, 0.2) is 5.01 Å². The monoisotopic (exact) mass is 670 g/mol. The molecule has 2 aromatic carbocycles. The number of rotatable bonds is 10. The minimum absolute atomic E-state index is 0.0847. The van der Waals surface area contributed by atoms with Crippen LogP contribution in [0.15, 0.2) is 60.2 Å². The van der Waals surface area contributed by atoms with E-state index in [1.165, 1.54) is 22.2 Å². The molecule has 4 N–H and O–H groups in total. The maximum absolute atomic E-state index is 13.2.